The van der Waals surface area contributed by atoms with E-state index in [1.807, 2.05) is 18.3 Å². The van der Waals surface area contributed by atoms with E-state index in [0.29, 0.717) is 28.9 Å². The van der Waals surface area contributed by atoms with Crippen LogP contribution in [-0.4, -0.2) is 28.5 Å². The van der Waals surface area contributed by atoms with Crippen LogP contribution >= 0.6 is 11.3 Å². The molecule has 0 bridgehead atoms. The number of nitrogens with zero attached hydrogens (tertiary/aromatic N) is 1. The number of nitrogens with one attached hydrogen (secondary N) is 1. The third-order valence-electron chi connectivity index (χ3n) is 4.36. The van der Waals surface area contributed by atoms with E-state index in [1.54, 1.807) is 18.2 Å². The highest BCUT2D eigenvalue weighted by atomic mass is 32.1. The zero-order valence-corrected chi connectivity index (χ0v) is 16.0. The molecule has 2 aromatic heterocycles. The Morgan fingerprint density at radius 3 is 2.78 bits per heavy atom. The number of benzene rings is 1. The lowest BCUT2D eigenvalue weighted by atomic mass is 10.0. The molecule has 3 rings (SSSR count). The average Bonchev–Trinajstić information content (AvgIpc) is 3.15. The number of rotatable bonds is 8. The number of hydrogen-bond donors (Lipinski definition) is 2. The van der Waals surface area contributed by atoms with E-state index in [4.69, 9.17) is 5.11 Å². The third kappa shape index (κ3) is 4.71. The van der Waals surface area contributed by atoms with Crippen molar-refractivity contribution in [1.29, 1.82) is 0 Å². The van der Waals surface area contributed by atoms with Crippen LogP contribution in [0.1, 0.15) is 50.2 Å². The second-order valence-electron chi connectivity index (χ2n) is 6.40. The Hall–Kier alpha value is -2.73. The summed E-state index contributed by atoms with van der Waals surface area (Å²) >= 11 is 1.24. The van der Waals surface area contributed by atoms with Crippen LogP contribution in [0.5, 0.6) is 0 Å². The summed E-state index contributed by atoms with van der Waals surface area (Å²) in [6, 6.07) is 11.1. The highest BCUT2D eigenvalue weighted by molar-refractivity contribution is 7.13. The van der Waals surface area contributed by atoms with Crippen molar-refractivity contribution in [3.63, 3.8) is 0 Å². The molecule has 0 unspecified atom stereocenters. The highest BCUT2D eigenvalue weighted by Gasteiger charge is 2.12. The number of amides is 1. The van der Waals surface area contributed by atoms with Crippen molar-refractivity contribution >= 4 is 34.1 Å². The average molecular weight is 382 g/mol. The van der Waals surface area contributed by atoms with Gasteiger partial charge in [0, 0.05) is 23.0 Å². The molecular formula is C21H22N2O3S. The van der Waals surface area contributed by atoms with Gasteiger partial charge in [0.15, 0.2) is 0 Å². The molecule has 6 heteroatoms. The number of fused-ring (bicyclic) bond motifs is 1. The minimum atomic E-state index is -0.921. The molecule has 0 aliphatic rings. The molecule has 2 N–H and O–H groups in total. The molecule has 0 atom stereocenters. The van der Waals surface area contributed by atoms with Crippen LogP contribution in [0.25, 0.3) is 10.9 Å². The second-order valence-corrected chi connectivity index (χ2v) is 7.57. The van der Waals surface area contributed by atoms with Gasteiger partial charge >= 0.3 is 5.97 Å². The maximum absolute atomic E-state index is 12.6. The zero-order chi connectivity index (χ0) is 19.2. The molecule has 0 fully saturated rings. The minimum Gasteiger partial charge on any atom is -0.477 e. The largest absolute Gasteiger partial charge is 0.477 e. The van der Waals surface area contributed by atoms with Gasteiger partial charge in [0.2, 0.25) is 0 Å². The van der Waals surface area contributed by atoms with E-state index in [2.05, 4.69) is 23.3 Å². The predicted octanol–water partition coefficient (Wildman–Crippen LogP) is 4.31. The summed E-state index contributed by atoms with van der Waals surface area (Å²) in [6.45, 7) is 2.61. The molecule has 3 aromatic rings. The molecule has 1 aromatic carbocycles. The lowest BCUT2D eigenvalue weighted by Crippen LogP contribution is -2.25. The fourth-order valence-corrected chi connectivity index (χ4v) is 3.77. The van der Waals surface area contributed by atoms with Crippen LogP contribution in [-0.2, 0) is 12.8 Å². The van der Waals surface area contributed by atoms with Crippen molar-refractivity contribution in [2.24, 2.45) is 0 Å². The van der Waals surface area contributed by atoms with Gasteiger partial charge in [-0.1, -0.05) is 25.5 Å². The molecule has 0 saturated heterocycles. The molecule has 5 nitrogen and oxygen atoms in total. The Morgan fingerprint density at radius 2 is 2.04 bits per heavy atom. The maximum Gasteiger partial charge on any atom is 0.345 e. The molecule has 0 radical (unpaired) electrons. The molecule has 27 heavy (non-hydrogen) atoms. The van der Waals surface area contributed by atoms with Crippen LogP contribution in [0, 0.1) is 0 Å². The molecule has 140 valence electrons. The Labute approximate surface area is 162 Å². The number of pyridine rings is 1. The predicted molar refractivity (Wildman–Crippen MR) is 108 cm³/mol. The first-order valence-electron chi connectivity index (χ1n) is 9.06. The summed E-state index contributed by atoms with van der Waals surface area (Å²) in [5.41, 5.74) is 2.46. The SMILES string of the molecule is CCCCc1cnc2c(C(=O)NCCc3ccc(C(=O)O)s3)cccc2c1. The number of unbranched alkanes of at least 4 members (excludes halogenated alkanes) is 1. The van der Waals surface area contributed by atoms with E-state index in [-0.39, 0.29) is 5.91 Å². The second kappa shape index (κ2) is 8.77. The first-order chi connectivity index (χ1) is 13.1. The number of carbonyl (C=O) groups excluding carboxylic acids is 1. The van der Waals surface area contributed by atoms with E-state index in [0.717, 1.165) is 29.5 Å². The number of carbonyl (C=O) groups is 2. The number of carboxylic acid groups (broad SMARTS) is 1. The molecule has 0 spiro atoms. The summed E-state index contributed by atoms with van der Waals surface area (Å²) < 4.78 is 0. The number of thiophene rings is 1. The lowest BCUT2D eigenvalue weighted by Gasteiger charge is -2.08. The van der Waals surface area contributed by atoms with Gasteiger partial charge < -0.3 is 10.4 Å². The Kier molecular flexibility index (Phi) is 6.19. The van der Waals surface area contributed by atoms with Crippen LogP contribution in [0.3, 0.4) is 0 Å². The normalized spacial score (nSPS) is 10.9. The molecule has 0 saturated carbocycles. The number of para-hydroxylation sites is 1. The van der Waals surface area contributed by atoms with Gasteiger partial charge in [-0.05, 0) is 49.1 Å². The van der Waals surface area contributed by atoms with E-state index < -0.39 is 5.97 Å². The summed E-state index contributed by atoms with van der Waals surface area (Å²) in [5.74, 6) is -1.08. The number of aryl methyl sites for hydroxylation is 1. The smallest absolute Gasteiger partial charge is 0.345 e. The quantitative estimate of drug-likeness (QED) is 0.608. The molecule has 0 aliphatic carbocycles. The van der Waals surface area contributed by atoms with Gasteiger partial charge in [-0.2, -0.15) is 0 Å². The van der Waals surface area contributed by atoms with Gasteiger partial charge in [0.05, 0.1) is 11.1 Å². The molecule has 0 aliphatic heterocycles. The number of aromatic nitrogens is 1. The monoisotopic (exact) mass is 382 g/mol. The maximum atomic E-state index is 12.6. The van der Waals surface area contributed by atoms with Gasteiger partial charge in [-0.3, -0.25) is 9.78 Å². The summed E-state index contributed by atoms with van der Waals surface area (Å²) in [7, 11) is 0. The first kappa shape index (κ1) is 19.0. The Balaban J connectivity index is 1.66. The van der Waals surface area contributed by atoms with Gasteiger partial charge in [-0.25, -0.2) is 4.79 Å². The summed E-state index contributed by atoms with van der Waals surface area (Å²) in [6.07, 6.45) is 5.71. The molecule has 2 heterocycles. The fraction of sp³-hybridized carbons (Fsp3) is 0.286. The van der Waals surface area contributed by atoms with Gasteiger partial charge in [0.1, 0.15) is 4.88 Å². The van der Waals surface area contributed by atoms with Crippen molar-refractivity contribution in [1.82, 2.24) is 10.3 Å². The Bertz CT molecular complexity index is 965. The lowest BCUT2D eigenvalue weighted by molar-refractivity contribution is 0.0702. The minimum absolute atomic E-state index is 0.163. The Morgan fingerprint density at radius 1 is 1.19 bits per heavy atom. The van der Waals surface area contributed by atoms with Crippen molar-refractivity contribution in [2.75, 3.05) is 6.54 Å². The van der Waals surface area contributed by atoms with Crippen molar-refractivity contribution in [2.45, 2.75) is 32.6 Å². The van der Waals surface area contributed by atoms with E-state index in [9.17, 15) is 9.59 Å². The van der Waals surface area contributed by atoms with Crippen LogP contribution in [0.4, 0.5) is 0 Å². The van der Waals surface area contributed by atoms with E-state index >= 15 is 0 Å². The highest BCUT2D eigenvalue weighted by Crippen LogP contribution is 2.19. The van der Waals surface area contributed by atoms with Crippen LogP contribution in [0.2, 0.25) is 0 Å². The van der Waals surface area contributed by atoms with Gasteiger partial charge in [-0.15, -0.1) is 11.3 Å². The topological polar surface area (TPSA) is 79.3 Å². The summed E-state index contributed by atoms with van der Waals surface area (Å²) in [5, 5.41) is 12.8. The third-order valence-corrected chi connectivity index (χ3v) is 5.49. The van der Waals surface area contributed by atoms with Gasteiger partial charge in [0.25, 0.3) is 5.91 Å². The number of hydrogen-bond acceptors (Lipinski definition) is 4. The first-order valence-corrected chi connectivity index (χ1v) is 9.88. The number of aromatic carboxylic acids is 1. The molecule has 1 amide bonds. The fourth-order valence-electron chi connectivity index (χ4n) is 2.93. The standard InChI is InChI=1S/C21H22N2O3S/c1-2-3-5-14-12-15-6-4-7-17(19(15)23-13-14)20(24)22-11-10-16-8-9-18(27-16)21(25)26/h4,6-9,12-13H,2-3,5,10-11H2,1H3,(H,22,24)(H,25,26). The summed E-state index contributed by atoms with van der Waals surface area (Å²) in [4.78, 5) is 29.3. The number of carboxylic acids is 1. The van der Waals surface area contributed by atoms with Crippen molar-refractivity contribution in [3.8, 4) is 0 Å². The van der Waals surface area contributed by atoms with E-state index in [1.165, 1.54) is 16.9 Å². The van der Waals surface area contributed by atoms with Crippen LogP contribution in [0.15, 0.2) is 42.6 Å². The van der Waals surface area contributed by atoms with Crippen LogP contribution < -0.4 is 5.32 Å². The van der Waals surface area contributed by atoms with Crippen molar-refractivity contribution < 1.29 is 14.7 Å². The molecular weight excluding hydrogens is 360 g/mol. The van der Waals surface area contributed by atoms with Crippen molar-refractivity contribution in [3.05, 3.63) is 63.5 Å². The zero-order valence-electron chi connectivity index (χ0n) is 15.2.